The predicted octanol–water partition coefficient (Wildman–Crippen LogP) is 2.40. The van der Waals surface area contributed by atoms with Crippen LogP contribution in [0.3, 0.4) is 0 Å². The van der Waals surface area contributed by atoms with E-state index in [0.717, 1.165) is 5.69 Å². The predicted molar refractivity (Wildman–Crippen MR) is 86.3 cm³/mol. The van der Waals surface area contributed by atoms with Gasteiger partial charge in [0.15, 0.2) is 9.84 Å². The summed E-state index contributed by atoms with van der Waals surface area (Å²) in [6, 6.07) is 6.68. The second-order valence-corrected chi connectivity index (χ2v) is 8.10. The molecule has 1 aromatic carbocycles. The molecule has 0 bridgehead atoms. The van der Waals surface area contributed by atoms with Crippen molar-refractivity contribution in [2.24, 2.45) is 0 Å². The van der Waals surface area contributed by atoms with Crippen molar-refractivity contribution in [1.29, 1.82) is 0 Å². The third-order valence-electron chi connectivity index (χ3n) is 2.81. The summed E-state index contributed by atoms with van der Waals surface area (Å²) in [5, 5.41) is 13.2. The lowest BCUT2D eigenvalue weighted by Crippen LogP contribution is -2.36. The van der Waals surface area contributed by atoms with Gasteiger partial charge in [0.25, 0.3) is 0 Å². The van der Waals surface area contributed by atoms with Crippen molar-refractivity contribution in [3.8, 4) is 0 Å². The molecule has 0 aliphatic heterocycles. The first-order valence-electron chi connectivity index (χ1n) is 6.59. The molecule has 0 heterocycles. The zero-order valence-electron chi connectivity index (χ0n) is 12.2. The first-order chi connectivity index (χ1) is 9.30. The van der Waals surface area contributed by atoms with Crippen LogP contribution in [0, 0.1) is 0 Å². The van der Waals surface area contributed by atoms with E-state index in [1.165, 1.54) is 0 Å². The maximum atomic E-state index is 11.9. The first kappa shape index (κ1) is 17.3. The number of hydrogen-bond acceptors (Lipinski definition) is 5. The Morgan fingerprint density at radius 1 is 1.30 bits per heavy atom. The molecule has 0 aliphatic rings. The molecule has 0 radical (unpaired) electrons. The second-order valence-electron chi connectivity index (χ2n) is 5.13. The summed E-state index contributed by atoms with van der Waals surface area (Å²) in [4.78, 5) is 0.348. The Labute approximate surface area is 125 Å². The SMILES string of the molecule is CCCS(=O)(=O)c1ccc(NCC(C)(O)CSC)cc1. The molecule has 1 unspecified atom stereocenters. The molecule has 0 aliphatic carbocycles. The molecular weight excluding hydrogens is 294 g/mol. The molecule has 0 spiro atoms. The Kier molecular flexibility index (Phi) is 6.36. The quantitative estimate of drug-likeness (QED) is 0.771. The zero-order chi connectivity index (χ0) is 15.2. The van der Waals surface area contributed by atoms with Crippen LogP contribution < -0.4 is 5.32 Å². The van der Waals surface area contributed by atoms with Crippen LogP contribution in [-0.4, -0.2) is 43.4 Å². The van der Waals surface area contributed by atoms with Crippen molar-refractivity contribution in [3.05, 3.63) is 24.3 Å². The topological polar surface area (TPSA) is 66.4 Å². The molecule has 0 saturated heterocycles. The van der Waals surface area contributed by atoms with Gasteiger partial charge in [0.05, 0.1) is 16.2 Å². The van der Waals surface area contributed by atoms with Crippen molar-refractivity contribution in [2.45, 2.75) is 30.8 Å². The van der Waals surface area contributed by atoms with Crippen molar-refractivity contribution >= 4 is 27.3 Å². The monoisotopic (exact) mass is 317 g/mol. The average Bonchev–Trinajstić information content (AvgIpc) is 2.37. The van der Waals surface area contributed by atoms with E-state index in [9.17, 15) is 13.5 Å². The van der Waals surface area contributed by atoms with E-state index in [1.807, 2.05) is 13.2 Å². The fourth-order valence-electron chi connectivity index (χ4n) is 1.82. The third kappa shape index (κ3) is 5.34. The molecule has 2 N–H and O–H groups in total. The maximum Gasteiger partial charge on any atom is 0.178 e. The van der Waals surface area contributed by atoms with Gasteiger partial charge >= 0.3 is 0 Å². The minimum absolute atomic E-state index is 0.169. The highest BCUT2D eigenvalue weighted by Gasteiger charge is 2.19. The number of sulfone groups is 1. The van der Waals surface area contributed by atoms with Gasteiger partial charge in [-0.3, -0.25) is 0 Å². The van der Waals surface area contributed by atoms with Gasteiger partial charge in [-0.1, -0.05) is 6.92 Å². The highest BCUT2D eigenvalue weighted by atomic mass is 32.2. The van der Waals surface area contributed by atoms with Gasteiger partial charge in [-0.15, -0.1) is 0 Å². The van der Waals surface area contributed by atoms with Gasteiger partial charge in [0.2, 0.25) is 0 Å². The van der Waals surface area contributed by atoms with Crippen LogP contribution in [0.5, 0.6) is 0 Å². The van der Waals surface area contributed by atoms with E-state index in [-0.39, 0.29) is 5.75 Å². The van der Waals surface area contributed by atoms with E-state index in [2.05, 4.69) is 5.32 Å². The maximum absolute atomic E-state index is 11.9. The number of thioether (sulfide) groups is 1. The highest BCUT2D eigenvalue weighted by molar-refractivity contribution is 7.98. The molecule has 4 nitrogen and oxygen atoms in total. The van der Waals surface area contributed by atoms with Gasteiger partial charge in [0, 0.05) is 18.0 Å². The summed E-state index contributed by atoms with van der Waals surface area (Å²) < 4.78 is 23.8. The summed E-state index contributed by atoms with van der Waals surface area (Å²) in [5.41, 5.74) is 0.0219. The van der Waals surface area contributed by atoms with Crippen LogP contribution >= 0.6 is 11.8 Å². The normalized spacial score (nSPS) is 14.8. The molecule has 1 atom stereocenters. The van der Waals surface area contributed by atoms with Crippen molar-refractivity contribution in [1.82, 2.24) is 0 Å². The van der Waals surface area contributed by atoms with E-state index >= 15 is 0 Å². The van der Waals surface area contributed by atoms with Crippen molar-refractivity contribution in [2.75, 3.05) is 29.6 Å². The molecule has 0 fully saturated rings. The number of benzene rings is 1. The summed E-state index contributed by atoms with van der Waals surface area (Å²) >= 11 is 1.59. The lowest BCUT2D eigenvalue weighted by molar-refractivity contribution is 0.0997. The Balaban J connectivity index is 2.68. The molecule has 114 valence electrons. The number of nitrogens with one attached hydrogen (secondary N) is 1. The fraction of sp³-hybridized carbons (Fsp3) is 0.571. The van der Waals surface area contributed by atoms with E-state index in [4.69, 9.17) is 0 Å². The summed E-state index contributed by atoms with van der Waals surface area (Å²) in [6.45, 7) is 4.05. The molecule has 1 aromatic rings. The van der Waals surface area contributed by atoms with Crippen LogP contribution in [-0.2, 0) is 9.84 Å². The lowest BCUT2D eigenvalue weighted by atomic mass is 10.1. The van der Waals surface area contributed by atoms with Gasteiger partial charge in [-0.2, -0.15) is 11.8 Å². The van der Waals surface area contributed by atoms with Crippen molar-refractivity contribution in [3.63, 3.8) is 0 Å². The third-order valence-corrected chi connectivity index (χ3v) is 5.66. The van der Waals surface area contributed by atoms with Gasteiger partial charge in [-0.05, 0) is 43.9 Å². The molecule has 0 aromatic heterocycles. The first-order valence-corrected chi connectivity index (χ1v) is 9.63. The van der Waals surface area contributed by atoms with Gasteiger partial charge < -0.3 is 10.4 Å². The van der Waals surface area contributed by atoms with Crippen LogP contribution in [0.25, 0.3) is 0 Å². The van der Waals surface area contributed by atoms with Crippen molar-refractivity contribution < 1.29 is 13.5 Å². The standard InChI is InChI=1S/C14H23NO3S2/c1-4-9-20(17,18)13-7-5-12(6-8-13)15-10-14(2,16)11-19-3/h5-8,15-16H,4,9-11H2,1-3H3. The lowest BCUT2D eigenvalue weighted by Gasteiger charge is -2.23. The Hall–Kier alpha value is -0.720. The highest BCUT2D eigenvalue weighted by Crippen LogP contribution is 2.17. The van der Waals surface area contributed by atoms with E-state index in [0.29, 0.717) is 23.6 Å². The summed E-state index contributed by atoms with van der Waals surface area (Å²) in [6.07, 6.45) is 2.56. The summed E-state index contributed by atoms with van der Waals surface area (Å²) in [7, 11) is -3.16. The van der Waals surface area contributed by atoms with Crippen LogP contribution in [0.15, 0.2) is 29.2 Å². The average molecular weight is 317 g/mol. The summed E-state index contributed by atoms with van der Waals surface area (Å²) in [5.74, 6) is 0.811. The minimum atomic E-state index is -3.16. The Morgan fingerprint density at radius 2 is 1.90 bits per heavy atom. The molecular formula is C14H23NO3S2. The van der Waals surface area contributed by atoms with Gasteiger partial charge in [0.1, 0.15) is 0 Å². The largest absolute Gasteiger partial charge is 0.387 e. The minimum Gasteiger partial charge on any atom is -0.387 e. The van der Waals surface area contributed by atoms with Crippen LogP contribution in [0.4, 0.5) is 5.69 Å². The Morgan fingerprint density at radius 3 is 2.40 bits per heavy atom. The number of rotatable bonds is 8. The molecule has 6 heteroatoms. The molecule has 0 saturated carbocycles. The van der Waals surface area contributed by atoms with E-state index < -0.39 is 15.4 Å². The number of aliphatic hydroxyl groups is 1. The Bertz CT molecular complexity index is 510. The van der Waals surface area contributed by atoms with E-state index in [1.54, 1.807) is 43.0 Å². The second kappa shape index (κ2) is 7.33. The number of anilines is 1. The van der Waals surface area contributed by atoms with Gasteiger partial charge in [-0.25, -0.2) is 8.42 Å². The molecule has 1 rings (SSSR count). The fourth-order valence-corrected chi connectivity index (χ4v) is 3.87. The number of hydrogen-bond donors (Lipinski definition) is 2. The van der Waals surface area contributed by atoms with Crippen LogP contribution in [0.1, 0.15) is 20.3 Å². The molecule has 0 amide bonds. The zero-order valence-corrected chi connectivity index (χ0v) is 13.9. The van der Waals surface area contributed by atoms with Crippen LogP contribution in [0.2, 0.25) is 0 Å². The molecule has 20 heavy (non-hydrogen) atoms. The smallest absolute Gasteiger partial charge is 0.178 e.